The molecule has 0 spiro atoms. The molecule has 1 amide bonds. The lowest BCUT2D eigenvalue weighted by molar-refractivity contribution is -0.118. The molecule has 0 atom stereocenters. The third-order valence-corrected chi connectivity index (χ3v) is 4.74. The minimum absolute atomic E-state index is 0.0142. The average molecular weight is 454 g/mol. The van der Waals surface area contributed by atoms with Crippen molar-refractivity contribution in [3.8, 4) is 11.5 Å². The molecule has 4 aromatic rings. The van der Waals surface area contributed by atoms with Gasteiger partial charge in [-0.3, -0.25) is 9.59 Å². The van der Waals surface area contributed by atoms with Gasteiger partial charge in [0.15, 0.2) is 12.3 Å². The van der Waals surface area contributed by atoms with Crippen molar-refractivity contribution in [3.63, 3.8) is 0 Å². The number of fused-ring (bicyclic) bond motifs is 1. The van der Waals surface area contributed by atoms with Gasteiger partial charge in [0.25, 0.3) is 11.5 Å². The molecule has 2 aromatic heterocycles. The standard InChI is InChI=1S/C23H20ClN3O5/c1-14-3-6-18(7-4-14)30-13-22(28)26-19-10-16(24)5-8-20(19)31-12-17-11-23(29)27-21(25-17)9-15(2)32-27/h3-11H,12-13H2,1-2H3,(H,26,28). The highest BCUT2D eigenvalue weighted by Crippen LogP contribution is 2.28. The van der Waals surface area contributed by atoms with Crippen molar-refractivity contribution in [2.45, 2.75) is 20.5 Å². The van der Waals surface area contributed by atoms with E-state index in [9.17, 15) is 9.59 Å². The Kier molecular flexibility index (Phi) is 6.13. The molecule has 32 heavy (non-hydrogen) atoms. The molecule has 0 saturated carbocycles. The quantitative estimate of drug-likeness (QED) is 0.451. The van der Waals surface area contributed by atoms with Crippen LogP contribution in [0.15, 0.2) is 63.9 Å². The summed E-state index contributed by atoms with van der Waals surface area (Å²) in [6.07, 6.45) is 0. The van der Waals surface area contributed by atoms with E-state index in [2.05, 4.69) is 10.3 Å². The van der Waals surface area contributed by atoms with Gasteiger partial charge in [0, 0.05) is 17.2 Å². The van der Waals surface area contributed by atoms with E-state index in [4.69, 9.17) is 25.6 Å². The minimum atomic E-state index is -0.371. The maximum atomic E-state index is 12.4. The minimum Gasteiger partial charge on any atom is -0.485 e. The van der Waals surface area contributed by atoms with E-state index in [0.717, 1.165) is 10.1 Å². The molecule has 0 aliphatic carbocycles. The van der Waals surface area contributed by atoms with Crippen LogP contribution in [0.4, 0.5) is 5.69 Å². The number of nitrogens with one attached hydrogen (secondary N) is 1. The van der Waals surface area contributed by atoms with E-state index < -0.39 is 0 Å². The Morgan fingerprint density at radius 3 is 2.66 bits per heavy atom. The Morgan fingerprint density at radius 2 is 1.88 bits per heavy atom. The average Bonchev–Trinajstić information content (AvgIpc) is 3.13. The van der Waals surface area contributed by atoms with Gasteiger partial charge in [-0.15, -0.1) is 4.57 Å². The first-order chi connectivity index (χ1) is 15.4. The van der Waals surface area contributed by atoms with E-state index in [0.29, 0.717) is 39.3 Å². The van der Waals surface area contributed by atoms with Crippen molar-refractivity contribution < 1.29 is 18.8 Å². The first kappa shape index (κ1) is 21.5. The summed E-state index contributed by atoms with van der Waals surface area (Å²) < 4.78 is 17.7. The molecule has 164 valence electrons. The van der Waals surface area contributed by atoms with Crippen molar-refractivity contribution in [2.24, 2.45) is 0 Å². The van der Waals surface area contributed by atoms with Crippen LogP contribution >= 0.6 is 11.6 Å². The molecule has 0 bridgehead atoms. The number of halogens is 1. The smallest absolute Gasteiger partial charge is 0.287 e. The second-order valence-corrected chi connectivity index (χ2v) is 7.60. The summed E-state index contributed by atoms with van der Waals surface area (Å²) in [7, 11) is 0. The Bertz CT molecular complexity index is 1330. The summed E-state index contributed by atoms with van der Waals surface area (Å²) in [6.45, 7) is 3.54. The monoisotopic (exact) mass is 453 g/mol. The van der Waals surface area contributed by atoms with Crippen molar-refractivity contribution >= 4 is 28.8 Å². The Balaban J connectivity index is 1.44. The molecule has 1 N–H and O–H groups in total. The molecule has 0 aliphatic rings. The van der Waals surface area contributed by atoms with E-state index in [1.165, 1.54) is 6.07 Å². The van der Waals surface area contributed by atoms with Gasteiger partial charge in [0.2, 0.25) is 0 Å². The number of amides is 1. The second kappa shape index (κ2) is 9.15. The first-order valence-corrected chi connectivity index (χ1v) is 10.2. The van der Waals surface area contributed by atoms with Gasteiger partial charge in [-0.2, -0.15) is 0 Å². The van der Waals surface area contributed by atoms with Crippen LogP contribution in [0.3, 0.4) is 0 Å². The van der Waals surface area contributed by atoms with Gasteiger partial charge in [-0.1, -0.05) is 29.3 Å². The van der Waals surface area contributed by atoms with Crippen LogP contribution in [-0.2, 0) is 11.4 Å². The van der Waals surface area contributed by atoms with E-state index in [1.54, 1.807) is 43.3 Å². The van der Waals surface area contributed by atoms with Crippen LogP contribution in [0, 0.1) is 13.8 Å². The number of carbonyl (C=O) groups excluding carboxylic acids is 1. The first-order valence-electron chi connectivity index (χ1n) is 9.79. The van der Waals surface area contributed by atoms with Crippen LogP contribution in [0.5, 0.6) is 11.5 Å². The predicted molar refractivity (Wildman–Crippen MR) is 120 cm³/mol. The maximum absolute atomic E-state index is 12.4. The summed E-state index contributed by atoms with van der Waals surface area (Å²) in [5.74, 6) is 1.17. The highest BCUT2D eigenvalue weighted by molar-refractivity contribution is 6.31. The topological polar surface area (TPSA) is 95.1 Å². The number of benzene rings is 2. The number of aromatic nitrogens is 2. The molecule has 0 fully saturated rings. The Hall–Kier alpha value is -3.78. The number of nitrogens with zero attached hydrogens (tertiary/aromatic N) is 2. The number of carbonyl (C=O) groups is 1. The molecule has 0 unspecified atom stereocenters. The molecular formula is C23H20ClN3O5. The highest BCUT2D eigenvalue weighted by Gasteiger charge is 2.12. The summed E-state index contributed by atoms with van der Waals surface area (Å²) in [6, 6.07) is 15.2. The van der Waals surface area contributed by atoms with Crippen LogP contribution in [0.2, 0.25) is 5.02 Å². The fourth-order valence-electron chi connectivity index (χ4n) is 2.99. The maximum Gasteiger partial charge on any atom is 0.287 e. The van der Waals surface area contributed by atoms with Crippen molar-refractivity contribution in [1.29, 1.82) is 0 Å². The zero-order valence-electron chi connectivity index (χ0n) is 17.4. The normalized spacial score (nSPS) is 10.8. The van der Waals surface area contributed by atoms with Gasteiger partial charge < -0.3 is 19.3 Å². The van der Waals surface area contributed by atoms with Crippen molar-refractivity contribution in [1.82, 2.24) is 9.56 Å². The lowest BCUT2D eigenvalue weighted by atomic mass is 10.2. The zero-order valence-corrected chi connectivity index (χ0v) is 18.2. The largest absolute Gasteiger partial charge is 0.485 e. The van der Waals surface area contributed by atoms with Gasteiger partial charge in [-0.25, -0.2) is 4.98 Å². The molecule has 9 heteroatoms. The summed E-state index contributed by atoms with van der Waals surface area (Å²) >= 11 is 6.09. The van der Waals surface area contributed by atoms with E-state index >= 15 is 0 Å². The molecule has 0 radical (unpaired) electrons. The molecular weight excluding hydrogens is 434 g/mol. The third-order valence-electron chi connectivity index (χ3n) is 4.51. The van der Waals surface area contributed by atoms with Gasteiger partial charge in [0.1, 0.15) is 23.9 Å². The van der Waals surface area contributed by atoms with Crippen molar-refractivity contribution in [3.05, 3.63) is 87.0 Å². The lowest BCUT2D eigenvalue weighted by Gasteiger charge is -2.13. The number of aryl methyl sites for hydroxylation is 2. The third kappa shape index (κ3) is 5.09. The number of ether oxygens (including phenoxy) is 2. The van der Waals surface area contributed by atoms with Crippen LogP contribution in [-0.4, -0.2) is 22.1 Å². The fraction of sp³-hybridized carbons (Fsp3) is 0.174. The molecule has 8 nitrogen and oxygen atoms in total. The van der Waals surface area contributed by atoms with Gasteiger partial charge >= 0.3 is 0 Å². The number of anilines is 1. The fourth-order valence-corrected chi connectivity index (χ4v) is 3.17. The van der Waals surface area contributed by atoms with Crippen LogP contribution in [0.25, 0.3) is 5.65 Å². The number of hydrogen-bond acceptors (Lipinski definition) is 6. The Labute approximate surface area is 188 Å². The Morgan fingerprint density at radius 1 is 1.09 bits per heavy atom. The number of hydrogen-bond donors (Lipinski definition) is 1. The summed E-state index contributed by atoms with van der Waals surface area (Å²) in [4.78, 5) is 28.9. The summed E-state index contributed by atoms with van der Waals surface area (Å²) in [5.41, 5.74) is 1.95. The van der Waals surface area contributed by atoms with Crippen LogP contribution < -0.4 is 20.3 Å². The summed E-state index contributed by atoms with van der Waals surface area (Å²) in [5, 5.41) is 3.17. The SMILES string of the molecule is Cc1ccc(OCC(=O)Nc2cc(Cl)ccc2OCc2cc(=O)n3oc(C)cc3n2)cc1. The second-order valence-electron chi connectivity index (χ2n) is 7.16. The zero-order chi connectivity index (χ0) is 22.7. The van der Waals surface area contributed by atoms with Gasteiger partial charge in [-0.05, 0) is 44.2 Å². The van der Waals surface area contributed by atoms with Crippen LogP contribution in [0.1, 0.15) is 17.0 Å². The molecule has 0 aliphatic heterocycles. The molecule has 0 saturated heterocycles. The highest BCUT2D eigenvalue weighted by atomic mass is 35.5. The van der Waals surface area contributed by atoms with Gasteiger partial charge in [0.05, 0.1) is 11.4 Å². The van der Waals surface area contributed by atoms with E-state index in [-0.39, 0.29) is 24.7 Å². The van der Waals surface area contributed by atoms with E-state index in [1.807, 2.05) is 19.1 Å². The predicted octanol–water partition coefficient (Wildman–Crippen LogP) is 4.15. The molecule has 2 aromatic carbocycles. The van der Waals surface area contributed by atoms with Crippen molar-refractivity contribution in [2.75, 3.05) is 11.9 Å². The molecule has 2 heterocycles. The molecule has 4 rings (SSSR count). The lowest BCUT2D eigenvalue weighted by Crippen LogP contribution is -2.20. The number of rotatable bonds is 7.